The molecule has 2 rings (SSSR count). The summed E-state index contributed by atoms with van der Waals surface area (Å²) in [6.07, 6.45) is 6.29. The lowest BCUT2D eigenvalue weighted by molar-refractivity contribution is 0.0954. The van der Waals surface area contributed by atoms with Crippen LogP contribution in [-0.4, -0.2) is 17.8 Å². The van der Waals surface area contributed by atoms with E-state index in [9.17, 15) is 9.59 Å². The van der Waals surface area contributed by atoms with Gasteiger partial charge in [0, 0.05) is 11.3 Å². The summed E-state index contributed by atoms with van der Waals surface area (Å²) in [4.78, 5) is 28.7. The number of rotatable bonds is 2. The van der Waals surface area contributed by atoms with E-state index in [1.54, 1.807) is 12.2 Å². The molecule has 0 aliphatic heterocycles. The fourth-order valence-electron chi connectivity index (χ4n) is 3.46. The predicted octanol–water partition coefficient (Wildman–Crippen LogP) is 1.81. The van der Waals surface area contributed by atoms with Crippen molar-refractivity contribution in [2.45, 2.75) is 38.8 Å². The van der Waals surface area contributed by atoms with Crippen LogP contribution >= 0.6 is 0 Å². The fourth-order valence-corrected chi connectivity index (χ4v) is 3.46. The van der Waals surface area contributed by atoms with Gasteiger partial charge in [0.15, 0.2) is 5.66 Å². The molecule has 2 saturated carbocycles. The molecule has 2 fully saturated rings. The average Bonchev–Trinajstić information content (AvgIpc) is 2.71. The summed E-state index contributed by atoms with van der Waals surface area (Å²) in [5, 5.41) is 0. The maximum Gasteiger partial charge on any atom is 0.237 e. The van der Waals surface area contributed by atoms with E-state index in [0.29, 0.717) is 5.92 Å². The van der Waals surface area contributed by atoms with E-state index < -0.39 is 5.66 Å². The molecule has 2 aliphatic carbocycles. The minimum atomic E-state index is -0.889. The molecule has 4 heteroatoms. The third kappa shape index (κ3) is 1.09. The highest BCUT2D eigenvalue weighted by molar-refractivity contribution is 5.42. The van der Waals surface area contributed by atoms with Crippen LogP contribution in [0, 0.1) is 17.3 Å². The van der Waals surface area contributed by atoms with E-state index in [0.717, 1.165) is 19.3 Å². The Labute approximate surface area is 88.5 Å². The van der Waals surface area contributed by atoms with Gasteiger partial charge in [-0.25, -0.2) is 9.59 Å². The lowest BCUT2D eigenvalue weighted by Crippen LogP contribution is -2.46. The highest BCUT2D eigenvalue weighted by Gasteiger charge is 2.64. The Balaban J connectivity index is 2.56. The molecule has 2 unspecified atom stereocenters. The molecule has 0 amide bonds. The second-order valence-electron chi connectivity index (χ2n) is 5.06. The van der Waals surface area contributed by atoms with Crippen LogP contribution in [0.1, 0.15) is 33.1 Å². The van der Waals surface area contributed by atoms with Gasteiger partial charge in [0.1, 0.15) is 0 Å². The molecule has 0 aromatic carbocycles. The summed E-state index contributed by atoms with van der Waals surface area (Å²) < 4.78 is 0. The molecule has 2 atom stereocenters. The summed E-state index contributed by atoms with van der Waals surface area (Å²) in [6, 6.07) is 0. The van der Waals surface area contributed by atoms with Crippen LogP contribution in [0.15, 0.2) is 9.98 Å². The summed E-state index contributed by atoms with van der Waals surface area (Å²) in [6.45, 7) is 4.05. The Hall–Kier alpha value is -1.24. The number of hydrogen-bond donors (Lipinski definition) is 0. The lowest BCUT2D eigenvalue weighted by Gasteiger charge is -2.41. The van der Waals surface area contributed by atoms with E-state index >= 15 is 0 Å². The Morgan fingerprint density at radius 2 is 1.60 bits per heavy atom. The van der Waals surface area contributed by atoms with Crippen molar-refractivity contribution in [3.8, 4) is 0 Å². The molecule has 80 valence electrons. The van der Waals surface area contributed by atoms with Gasteiger partial charge in [-0.3, -0.25) is 0 Å². The molecule has 0 spiro atoms. The van der Waals surface area contributed by atoms with Crippen molar-refractivity contribution in [2.75, 3.05) is 0 Å². The fraction of sp³-hybridized carbons (Fsp3) is 0.818. The van der Waals surface area contributed by atoms with Crippen LogP contribution in [-0.2, 0) is 9.59 Å². The monoisotopic (exact) mass is 206 g/mol. The molecule has 15 heavy (non-hydrogen) atoms. The highest BCUT2D eigenvalue weighted by atomic mass is 16.1. The average molecular weight is 206 g/mol. The standard InChI is InChI=1S/C11H14N2O2/c1-10(2)8-3-4-9(5-8)11(10,12-6-14)13-7-15/h8-9H,3-5H2,1-2H3. The number of isocyanates is 2. The molecule has 0 saturated heterocycles. The van der Waals surface area contributed by atoms with E-state index in [1.165, 1.54) is 0 Å². The number of aliphatic imine (C=N–C) groups is 2. The van der Waals surface area contributed by atoms with Gasteiger partial charge < -0.3 is 0 Å². The van der Waals surface area contributed by atoms with Gasteiger partial charge in [0.2, 0.25) is 12.2 Å². The third-order valence-corrected chi connectivity index (χ3v) is 4.40. The summed E-state index contributed by atoms with van der Waals surface area (Å²) >= 11 is 0. The van der Waals surface area contributed by atoms with E-state index in [2.05, 4.69) is 9.98 Å². The van der Waals surface area contributed by atoms with E-state index in [4.69, 9.17) is 0 Å². The highest BCUT2D eigenvalue weighted by Crippen LogP contribution is 2.63. The first-order chi connectivity index (χ1) is 7.08. The third-order valence-electron chi connectivity index (χ3n) is 4.40. The summed E-state index contributed by atoms with van der Waals surface area (Å²) in [5.74, 6) is 0.706. The van der Waals surface area contributed by atoms with Crippen LogP contribution in [0.3, 0.4) is 0 Å². The number of fused-ring (bicyclic) bond motifs is 2. The minimum Gasteiger partial charge on any atom is -0.211 e. The topological polar surface area (TPSA) is 58.9 Å². The van der Waals surface area contributed by atoms with Crippen LogP contribution in [0.4, 0.5) is 0 Å². The summed E-state index contributed by atoms with van der Waals surface area (Å²) in [7, 11) is 0. The molecule has 0 aromatic heterocycles. The molecule has 2 aliphatic rings. The molecule has 4 nitrogen and oxygen atoms in total. The molecule has 0 heterocycles. The van der Waals surface area contributed by atoms with Crippen LogP contribution in [0.5, 0.6) is 0 Å². The van der Waals surface area contributed by atoms with Crippen molar-refractivity contribution in [2.24, 2.45) is 27.2 Å². The molecular formula is C11H14N2O2. The van der Waals surface area contributed by atoms with Gasteiger partial charge in [-0.1, -0.05) is 13.8 Å². The zero-order valence-corrected chi connectivity index (χ0v) is 8.99. The van der Waals surface area contributed by atoms with E-state index in [-0.39, 0.29) is 11.3 Å². The zero-order chi connectivity index (χ0) is 11.1. The smallest absolute Gasteiger partial charge is 0.211 e. The molecule has 2 bridgehead atoms. The van der Waals surface area contributed by atoms with Crippen LogP contribution < -0.4 is 0 Å². The first-order valence-corrected chi connectivity index (χ1v) is 5.26. The van der Waals surface area contributed by atoms with Gasteiger partial charge in [0.25, 0.3) is 0 Å². The Morgan fingerprint density at radius 1 is 1.07 bits per heavy atom. The Morgan fingerprint density at radius 3 is 2.00 bits per heavy atom. The number of nitrogens with zero attached hydrogens (tertiary/aromatic N) is 2. The molecule has 0 radical (unpaired) electrons. The van der Waals surface area contributed by atoms with Gasteiger partial charge in [-0.05, 0) is 25.2 Å². The van der Waals surface area contributed by atoms with Crippen molar-refractivity contribution < 1.29 is 9.59 Å². The Bertz CT molecular complexity index is 358. The zero-order valence-electron chi connectivity index (χ0n) is 8.99. The largest absolute Gasteiger partial charge is 0.237 e. The van der Waals surface area contributed by atoms with Crippen molar-refractivity contribution in [1.82, 2.24) is 0 Å². The predicted molar refractivity (Wildman–Crippen MR) is 53.6 cm³/mol. The normalized spacial score (nSPS) is 40.7. The van der Waals surface area contributed by atoms with Crippen molar-refractivity contribution in [1.29, 1.82) is 0 Å². The quantitative estimate of drug-likeness (QED) is 0.511. The SMILES string of the molecule is CC1(C)C2CCC(C2)C1(N=C=O)N=C=O. The van der Waals surface area contributed by atoms with Crippen molar-refractivity contribution in [3.05, 3.63) is 0 Å². The van der Waals surface area contributed by atoms with Crippen LogP contribution in [0.25, 0.3) is 0 Å². The van der Waals surface area contributed by atoms with Crippen molar-refractivity contribution in [3.63, 3.8) is 0 Å². The van der Waals surface area contributed by atoms with Gasteiger partial charge >= 0.3 is 0 Å². The van der Waals surface area contributed by atoms with Gasteiger partial charge in [-0.2, -0.15) is 9.98 Å². The van der Waals surface area contributed by atoms with Crippen LogP contribution in [0.2, 0.25) is 0 Å². The first kappa shape index (κ1) is 10.3. The summed E-state index contributed by atoms with van der Waals surface area (Å²) in [5.41, 5.74) is -1.12. The molecule has 0 aromatic rings. The van der Waals surface area contributed by atoms with E-state index in [1.807, 2.05) is 13.8 Å². The van der Waals surface area contributed by atoms with Gasteiger partial charge in [0.05, 0.1) is 0 Å². The maximum atomic E-state index is 10.5. The first-order valence-electron chi connectivity index (χ1n) is 5.26. The minimum absolute atomic E-state index is 0.209. The second-order valence-corrected chi connectivity index (χ2v) is 5.06. The van der Waals surface area contributed by atoms with Gasteiger partial charge in [-0.15, -0.1) is 0 Å². The second kappa shape index (κ2) is 3.13. The van der Waals surface area contributed by atoms with Crippen molar-refractivity contribution >= 4 is 12.2 Å². The number of hydrogen-bond acceptors (Lipinski definition) is 4. The molecule has 0 N–H and O–H groups in total. The number of carbonyl (C=O) groups excluding carboxylic acids is 2. The Kier molecular flexibility index (Phi) is 2.14. The maximum absolute atomic E-state index is 10.5. The lowest BCUT2D eigenvalue weighted by atomic mass is 9.68. The molecular weight excluding hydrogens is 192 g/mol.